The van der Waals surface area contributed by atoms with E-state index in [1.165, 1.54) is 0 Å². The highest BCUT2D eigenvalue weighted by molar-refractivity contribution is 6.03. The van der Waals surface area contributed by atoms with E-state index in [9.17, 15) is 27.6 Å². The summed E-state index contributed by atoms with van der Waals surface area (Å²) in [6.45, 7) is 0.320. The Morgan fingerprint density at radius 1 is 0.949 bits per heavy atom. The number of amides is 2. The van der Waals surface area contributed by atoms with Gasteiger partial charge in [-0.05, 0) is 53.8 Å². The second kappa shape index (κ2) is 12.8. The highest BCUT2D eigenvalue weighted by Crippen LogP contribution is 2.25. The number of carbonyl (C=O) groups excluding carboxylic acids is 3. The Labute approximate surface area is 222 Å². The molecule has 39 heavy (non-hydrogen) atoms. The van der Waals surface area contributed by atoms with Gasteiger partial charge in [0.25, 0.3) is 11.8 Å². The van der Waals surface area contributed by atoms with Gasteiger partial charge in [-0.2, -0.15) is 13.2 Å². The highest BCUT2D eigenvalue weighted by Gasteiger charge is 2.38. The van der Waals surface area contributed by atoms with Gasteiger partial charge in [-0.3, -0.25) is 14.4 Å². The van der Waals surface area contributed by atoms with Crippen molar-refractivity contribution in [3.63, 3.8) is 0 Å². The highest BCUT2D eigenvalue weighted by atomic mass is 19.4. The van der Waals surface area contributed by atoms with E-state index < -0.39 is 18.2 Å². The number of carbonyl (C=O) groups is 4. The van der Waals surface area contributed by atoms with Crippen molar-refractivity contribution >= 4 is 29.3 Å². The molecule has 0 saturated carbocycles. The fourth-order valence-electron chi connectivity index (χ4n) is 3.92. The maximum Gasteiger partial charge on any atom is 0.490 e. The van der Waals surface area contributed by atoms with Gasteiger partial charge in [0.15, 0.2) is 5.78 Å². The molecule has 1 aliphatic rings. The van der Waals surface area contributed by atoms with Crippen LogP contribution in [0, 0.1) is 0 Å². The summed E-state index contributed by atoms with van der Waals surface area (Å²) in [5, 5.41) is 12.8. The number of Topliss-reactive ketones (excluding diaryl/α,β-unsaturated/α-hetero) is 1. The van der Waals surface area contributed by atoms with Gasteiger partial charge >= 0.3 is 12.1 Å². The van der Waals surface area contributed by atoms with Crippen molar-refractivity contribution in [1.82, 2.24) is 5.32 Å². The molecule has 3 aromatic rings. The lowest BCUT2D eigenvalue weighted by atomic mass is 9.90. The maximum absolute atomic E-state index is 13.2. The normalized spacial score (nSPS) is 13.3. The van der Waals surface area contributed by atoms with E-state index in [2.05, 4.69) is 10.6 Å². The van der Waals surface area contributed by atoms with Crippen LogP contribution in [0.2, 0.25) is 0 Å². The van der Waals surface area contributed by atoms with Crippen molar-refractivity contribution in [2.24, 2.45) is 5.73 Å². The average Bonchev–Trinajstić information content (AvgIpc) is 2.92. The summed E-state index contributed by atoms with van der Waals surface area (Å²) in [6, 6.07) is 20.6. The summed E-state index contributed by atoms with van der Waals surface area (Å²) in [6.07, 6.45) is -2.85. The summed E-state index contributed by atoms with van der Waals surface area (Å²) < 4.78 is 31.7. The molecule has 11 heteroatoms. The topological polar surface area (TPSA) is 139 Å². The van der Waals surface area contributed by atoms with E-state index in [0.717, 1.165) is 24.0 Å². The van der Waals surface area contributed by atoms with Crippen LogP contribution in [0.1, 0.15) is 56.3 Å². The Kier molecular flexibility index (Phi) is 9.56. The average molecular weight is 542 g/mol. The second-order valence-corrected chi connectivity index (χ2v) is 8.66. The van der Waals surface area contributed by atoms with Crippen molar-refractivity contribution < 1.29 is 37.5 Å². The second-order valence-electron chi connectivity index (χ2n) is 8.66. The van der Waals surface area contributed by atoms with Gasteiger partial charge in [0.05, 0.1) is 0 Å². The molecule has 8 nitrogen and oxygen atoms in total. The third kappa shape index (κ3) is 7.99. The molecule has 204 valence electrons. The minimum absolute atomic E-state index is 0.0926. The van der Waals surface area contributed by atoms with Crippen LogP contribution >= 0.6 is 0 Å². The van der Waals surface area contributed by atoms with Crippen LogP contribution in [0.5, 0.6) is 0 Å². The number of aliphatic carboxylic acids is 1. The number of nitrogens with two attached hydrogens (primary N) is 1. The summed E-state index contributed by atoms with van der Waals surface area (Å²) in [7, 11) is 0. The monoisotopic (exact) mass is 541 g/mol. The van der Waals surface area contributed by atoms with Crippen LogP contribution in [0.4, 0.5) is 18.9 Å². The molecule has 0 heterocycles. The molecule has 0 fully saturated rings. The molecule has 1 aliphatic carbocycles. The number of carboxylic acids is 1. The Bertz CT molecular complexity index is 1360. The molecule has 0 aromatic heterocycles. The van der Waals surface area contributed by atoms with Gasteiger partial charge in [-0.15, -0.1) is 0 Å². The van der Waals surface area contributed by atoms with E-state index in [1.807, 2.05) is 30.3 Å². The third-order valence-corrected chi connectivity index (χ3v) is 5.87. The lowest BCUT2D eigenvalue weighted by Gasteiger charge is -2.20. The predicted octanol–water partition coefficient (Wildman–Crippen LogP) is 4.41. The molecular formula is C28H26F3N3O5. The number of carboxylic acid groups (broad SMARTS) is 1. The van der Waals surface area contributed by atoms with E-state index in [4.69, 9.17) is 15.6 Å². The van der Waals surface area contributed by atoms with Crippen molar-refractivity contribution in [1.29, 1.82) is 0 Å². The number of anilines is 1. The first kappa shape index (κ1) is 29.1. The van der Waals surface area contributed by atoms with Crippen LogP contribution in [0.3, 0.4) is 0 Å². The molecule has 2 amide bonds. The molecule has 0 aliphatic heterocycles. The van der Waals surface area contributed by atoms with Crippen LogP contribution in [0.25, 0.3) is 0 Å². The van der Waals surface area contributed by atoms with Crippen molar-refractivity contribution in [2.45, 2.75) is 38.0 Å². The summed E-state index contributed by atoms with van der Waals surface area (Å²) in [5.74, 6) is -3.42. The zero-order valence-corrected chi connectivity index (χ0v) is 20.6. The quantitative estimate of drug-likeness (QED) is 0.365. The number of ketones is 1. The van der Waals surface area contributed by atoms with Crippen LogP contribution in [-0.4, -0.2) is 34.8 Å². The Morgan fingerprint density at radius 3 is 2.28 bits per heavy atom. The van der Waals surface area contributed by atoms with E-state index in [0.29, 0.717) is 35.3 Å². The third-order valence-electron chi connectivity index (χ3n) is 5.87. The van der Waals surface area contributed by atoms with Crippen LogP contribution in [-0.2, 0) is 22.6 Å². The number of aryl methyl sites for hydroxylation is 1. The number of hydrogen-bond donors (Lipinski definition) is 4. The first-order valence-corrected chi connectivity index (χ1v) is 11.9. The molecule has 3 aromatic carbocycles. The van der Waals surface area contributed by atoms with Gasteiger partial charge in [0, 0.05) is 29.8 Å². The molecule has 5 N–H and O–H groups in total. The SMILES string of the molecule is NCc1cccc(C(=O)NC(C(=O)Nc2ccc3c(c2)C(=O)CCC3)c2ccccc2)c1.O=C(O)C(F)(F)F. The van der Waals surface area contributed by atoms with Gasteiger partial charge in [-0.25, -0.2) is 4.79 Å². The van der Waals surface area contributed by atoms with Crippen molar-refractivity contribution in [3.05, 3.63) is 101 Å². The Morgan fingerprint density at radius 2 is 1.64 bits per heavy atom. The van der Waals surface area contributed by atoms with Gasteiger partial charge in [0.1, 0.15) is 6.04 Å². The number of halogens is 3. The van der Waals surface area contributed by atoms with E-state index in [-0.39, 0.29) is 17.6 Å². The lowest BCUT2D eigenvalue weighted by molar-refractivity contribution is -0.192. The predicted molar refractivity (Wildman–Crippen MR) is 137 cm³/mol. The largest absolute Gasteiger partial charge is 0.490 e. The molecule has 0 spiro atoms. The number of benzene rings is 3. The van der Waals surface area contributed by atoms with Gasteiger partial charge in [0.2, 0.25) is 0 Å². The minimum Gasteiger partial charge on any atom is -0.475 e. The zero-order valence-electron chi connectivity index (χ0n) is 20.6. The standard InChI is InChI=1S/C26H25N3O3.C2HF3O2/c27-16-17-6-4-10-20(14-17)25(31)29-24(19-7-2-1-3-8-19)26(32)28-21-13-12-18-9-5-11-23(30)22(18)15-21;3-2(4,5)1(6)7/h1-4,6-8,10,12-15,24H,5,9,11,16,27H2,(H,28,32)(H,29,31);(H,6,7). The number of alkyl halides is 3. The number of nitrogens with one attached hydrogen (secondary N) is 2. The van der Waals surface area contributed by atoms with Crippen LogP contribution in [0.15, 0.2) is 72.8 Å². The molecule has 1 atom stereocenters. The first-order chi connectivity index (χ1) is 18.5. The van der Waals surface area contributed by atoms with Gasteiger partial charge in [-0.1, -0.05) is 48.5 Å². The molecular weight excluding hydrogens is 515 g/mol. The smallest absolute Gasteiger partial charge is 0.475 e. The van der Waals surface area contributed by atoms with Crippen molar-refractivity contribution in [3.8, 4) is 0 Å². The minimum atomic E-state index is -5.08. The fraction of sp³-hybridized carbons (Fsp3) is 0.214. The lowest BCUT2D eigenvalue weighted by Crippen LogP contribution is -2.37. The first-order valence-electron chi connectivity index (χ1n) is 11.9. The summed E-state index contributed by atoms with van der Waals surface area (Å²) in [5.41, 5.74) is 9.80. The fourth-order valence-corrected chi connectivity index (χ4v) is 3.92. The van der Waals surface area contributed by atoms with E-state index >= 15 is 0 Å². The summed E-state index contributed by atoms with van der Waals surface area (Å²) in [4.78, 5) is 47.3. The zero-order chi connectivity index (χ0) is 28.6. The molecule has 0 radical (unpaired) electrons. The number of rotatable bonds is 6. The van der Waals surface area contributed by atoms with Crippen LogP contribution < -0.4 is 16.4 Å². The van der Waals surface area contributed by atoms with E-state index in [1.54, 1.807) is 42.5 Å². The molecule has 1 unspecified atom stereocenters. The molecule has 0 saturated heterocycles. The van der Waals surface area contributed by atoms with Gasteiger partial charge < -0.3 is 21.5 Å². The molecule has 4 rings (SSSR count). The Hall–Kier alpha value is -4.51. The Balaban J connectivity index is 0.000000532. The summed E-state index contributed by atoms with van der Waals surface area (Å²) >= 11 is 0. The number of hydrogen-bond acceptors (Lipinski definition) is 5. The van der Waals surface area contributed by atoms with Crippen molar-refractivity contribution in [2.75, 3.05) is 5.32 Å². The molecule has 0 bridgehead atoms. The number of fused-ring (bicyclic) bond motifs is 1. The maximum atomic E-state index is 13.2.